The summed E-state index contributed by atoms with van der Waals surface area (Å²) < 4.78 is 7.45. The molecule has 1 aromatic carbocycles. The van der Waals surface area contributed by atoms with Gasteiger partial charge < -0.3 is 19.9 Å². The van der Waals surface area contributed by atoms with Gasteiger partial charge in [0.25, 0.3) is 0 Å². The van der Waals surface area contributed by atoms with Crippen LogP contribution in [0, 0.1) is 0 Å². The highest BCUT2D eigenvalue weighted by Gasteiger charge is 2.20. The molecular weight excluding hydrogens is 378 g/mol. The molecule has 1 N–H and O–H groups in total. The van der Waals surface area contributed by atoms with Crippen molar-refractivity contribution < 1.29 is 4.74 Å². The average Bonchev–Trinajstić information content (AvgIpc) is 3.46. The van der Waals surface area contributed by atoms with Crippen LogP contribution in [0.1, 0.15) is 26.2 Å². The van der Waals surface area contributed by atoms with Crippen LogP contribution < -0.4 is 15.1 Å². The third-order valence-corrected chi connectivity index (χ3v) is 5.82. The molecule has 0 spiro atoms. The second-order valence-electron chi connectivity index (χ2n) is 7.94. The fourth-order valence-electron chi connectivity index (χ4n) is 4.19. The zero-order chi connectivity index (χ0) is 20.3. The summed E-state index contributed by atoms with van der Waals surface area (Å²) in [6.07, 6.45) is 5.29. The van der Waals surface area contributed by atoms with Gasteiger partial charge in [-0.2, -0.15) is 15.1 Å². The summed E-state index contributed by atoms with van der Waals surface area (Å²) in [4.78, 5) is 14.4. The van der Waals surface area contributed by atoms with Crippen LogP contribution in [-0.2, 0) is 11.3 Å². The van der Waals surface area contributed by atoms with Gasteiger partial charge in [-0.3, -0.25) is 0 Å². The minimum Gasteiger partial charge on any atom is -0.378 e. The first-order valence-corrected chi connectivity index (χ1v) is 11.0. The van der Waals surface area contributed by atoms with Crippen molar-refractivity contribution in [3.63, 3.8) is 0 Å². The van der Waals surface area contributed by atoms with Crippen LogP contribution in [0.2, 0.25) is 0 Å². The van der Waals surface area contributed by atoms with E-state index < -0.39 is 0 Å². The van der Waals surface area contributed by atoms with E-state index in [1.807, 2.05) is 10.9 Å². The van der Waals surface area contributed by atoms with Crippen molar-refractivity contribution in [1.82, 2.24) is 19.7 Å². The minimum absolute atomic E-state index is 0.792. The van der Waals surface area contributed by atoms with Crippen LogP contribution in [0.15, 0.2) is 30.5 Å². The predicted molar refractivity (Wildman–Crippen MR) is 120 cm³/mol. The first-order chi connectivity index (χ1) is 14.8. The summed E-state index contributed by atoms with van der Waals surface area (Å²) in [6.45, 7) is 8.51. The molecule has 8 nitrogen and oxygen atoms in total. The maximum Gasteiger partial charge on any atom is 0.229 e. The summed E-state index contributed by atoms with van der Waals surface area (Å²) >= 11 is 0. The van der Waals surface area contributed by atoms with E-state index in [0.717, 1.165) is 80.8 Å². The molecule has 0 amide bonds. The molecule has 0 atom stereocenters. The third kappa shape index (κ3) is 3.79. The standard InChI is InChI=1S/C22H29N7O/c1-2-9-29-21-19(16-23-29)20(25-22(26-21)28-10-3-4-11-28)24-17-5-7-18(8-6-17)27-12-14-30-15-13-27/h5-8,16H,2-4,9-15H2,1H3,(H,24,25,26). The number of aryl methyl sites for hydroxylation is 1. The molecule has 0 radical (unpaired) electrons. The lowest BCUT2D eigenvalue weighted by Gasteiger charge is -2.29. The molecule has 2 fully saturated rings. The number of morpholine rings is 1. The Balaban J connectivity index is 1.45. The van der Waals surface area contributed by atoms with Gasteiger partial charge in [0.05, 0.1) is 24.8 Å². The second kappa shape index (κ2) is 8.47. The van der Waals surface area contributed by atoms with Crippen molar-refractivity contribution in [2.75, 3.05) is 54.5 Å². The maximum atomic E-state index is 5.46. The van der Waals surface area contributed by atoms with E-state index in [1.165, 1.54) is 18.5 Å². The molecular formula is C22H29N7O. The van der Waals surface area contributed by atoms with E-state index in [-0.39, 0.29) is 0 Å². The molecule has 30 heavy (non-hydrogen) atoms. The quantitative estimate of drug-likeness (QED) is 0.671. The third-order valence-electron chi connectivity index (χ3n) is 5.82. The largest absolute Gasteiger partial charge is 0.378 e. The molecule has 0 aliphatic carbocycles. The Morgan fingerprint density at radius 3 is 2.47 bits per heavy atom. The van der Waals surface area contributed by atoms with Crippen LogP contribution in [0.25, 0.3) is 11.0 Å². The highest BCUT2D eigenvalue weighted by atomic mass is 16.5. The highest BCUT2D eigenvalue weighted by molar-refractivity contribution is 5.89. The van der Waals surface area contributed by atoms with Gasteiger partial charge in [0.15, 0.2) is 5.65 Å². The Bertz CT molecular complexity index is 989. The van der Waals surface area contributed by atoms with Gasteiger partial charge in [-0.25, -0.2) is 4.68 Å². The van der Waals surface area contributed by atoms with Gasteiger partial charge in [-0.15, -0.1) is 0 Å². The topological polar surface area (TPSA) is 71.3 Å². The van der Waals surface area contributed by atoms with E-state index in [4.69, 9.17) is 14.7 Å². The van der Waals surface area contributed by atoms with Crippen molar-refractivity contribution in [2.24, 2.45) is 0 Å². The number of benzene rings is 1. The van der Waals surface area contributed by atoms with Crippen molar-refractivity contribution in [2.45, 2.75) is 32.7 Å². The number of aromatic nitrogens is 4. The van der Waals surface area contributed by atoms with Gasteiger partial charge in [0, 0.05) is 44.1 Å². The van der Waals surface area contributed by atoms with Crippen LogP contribution >= 0.6 is 0 Å². The lowest BCUT2D eigenvalue weighted by atomic mass is 10.2. The molecule has 0 bridgehead atoms. The van der Waals surface area contributed by atoms with E-state index in [9.17, 15) is 0 Å². The summed E-state index contributed by atoms with van der Waals surface area (Å²) in [5.41, 5.74) is 3.15. The van der Waals surface area contributed by atoms with Crippen molar-refractivity contribution in [3.8, 4) is 0 Å². The number of ether oxygens (including phenoxy) is 1. The lowest BCUT2D eigenvalue weighted by Crippen LogP contribution is -2.36. The van der Waals surface area contributed by atoms with E-state index in [1.54, 1.807) is 0 Å². The van der Waals surface area contributed by atoms with E-state index >= 15 is 0 Å². The lowest BCUT2D eigenvalue weighted by molar-refractivity contribution is 0.122. The van der Waals surface area contributed by atoms with E-state index in [0.29, 0.717) is 0 Å². The molecule has 5 rings (SSSR count). The molecule has 4 heterocycles. The minimum atomic E-state index is 0.792. The Morgan fingerprint density at radius 1 is 0.967 bits per heavy atom. The number of nitrogens with one attached hydrogen (secondary N) is 1. The zero-order valence-electron chi connectivity index (χ0n) is 17.5. The Labute approximate surface area is 176 Å². The van der Waals surface area contributed by atoms with Crippen molar-refractivity contribution in [3.05, 3.63) is 30.5 Å². The van der Waals surface area contributed by atoms with Crippen LogP contribution in [0.4, 0.5) is 23.1 Å². The van der Waals surface area contributed by atoms with Crippen LogP contribution in [0.5, 0.6) is 0 Å². The number of anilines is 4. The average molecular weight is 408 g/mol. The van der Waals surface area contributed by atoms with Crippen LogP contribution in [-0.4, -0.2) is 59.1 Å². The normalized spacial score (nSPS) is 17.1. The van der Waals surface area contributed by atoms with Crippen molar-refractivity contribution in [1.29, 1.82) is 0 Å². The van der Waals surface area contributed by atoms with E-state index in [2.05, 4.69) is 51.4 Å². The smallest absolute Gasteiger partial charge is 0.229 e. The Hall–Kier alpha value is -2.87. The number of hydrogen-bond donors (Lipinski definition) is 1. The predicted octanol–water partition coefficient (Wildman–Crippen LogP) is 3.42. The molecule has 2 aliphatic rings. The summed E-state index contributed by atoms with van der Waals surface area (Å²) in [6, 6.07) is 8.55. The molecule has 8 heteroatoms. The molecule has 158 valence electrons. The first kappa shape index (κ1) is 19.1. The second-order valence-corrected chi connectivity index (χ2v) is 7.94. The Kier molecular flexibility index (Phi) is 5.40. The fraction of sp³-hybridized carbons (Fsp3) is 0.500. The molecule has 0 saturated carbocycles. The van der Waals surface area contributed by atoms with Gasteiger partial charge >= 0.3 is 0 Å². The fourth-order valence-corrected chi connectivity index (χ4v) is 4.19. The van der Waals surface area contributed by atoms with Gasteiger partial charge in [-0.1, -0.05) is 6.92 Å². The van der Waals surface area contributed by atoms with Gasteiger partial charge in [0.1, 0.15) is 5.82 Å². The maximum absolute atomic E-state index is 5.46. The monoisotopic (exact) mass is 407 g/mol. The Morgan fingerprint density at radius 2 is 1.73 bits per heavy atom. The summed E-state index contributed by atoms with van der Waals surface area (Å²) in [5, 5.41) is 9.05. The summed E-state index contributed by atoms with van der Waals surface area (Å²) in [5.74, 6) is 1.62. The molecule has 2 aliphatic heterocycles. The first-order valence-electron chi connectivity index (χ1n) is 11.0. The van der Waals surface area contributed by atoms with Gasteiger partial charge in [-0.05, 0) is 43.5 Å². The molecule has 0 unspecified atom stereocenters. The SMILES string of the molecule is CCCn1ncc2c(Nc3ccc(N4CCOCC4)cc3)nc(N3CCCC3)nc21. The number of nitrogens with zero attached hydrogens (tertiary/aromatic N) is 6. The molecule has 3 aromatic rings. The zero-order valence-corrected chi connectivity index (χ0v) is 17.5. The number of hydrogen-bond acceptors (Lipinski definition) is 7. The molecule has 2 saturated heterocycles. The molecule has 2 aromatic heterocycles. The van der Waals surface area contributed by atoms with Crippen LogP contribution in [0.3, 0.4) is 0 Å². The summed E-state index contributed by atoms with van der Waals surface area (Å²) in [7, 11) is 0. The number of fused-ring (bicyclic) bond motifs is 1. The highest BCUT2D eigenvalue weighted by Crippen LogP contribution is 2.29. The number of rotatable bonds is 6. The van der Waals surface area contributed by atoms with Crippen molar-refractivity contribution >= 4 is 34.2 Å². The van der Waals surface area contributed by atoms with Gasteiger partial charge in [0.2, 0.25) is 5.95 Å².